The van der Waals surface area contributed by atoms with Crippen LogP contribution in [0.25, 0.3) is 0 Å². The molecule has 2 aromatic rings. The van der Waals surface area contributed by atoms with E-state index >= 15 is 0 Å². The Balaban J connectivity index is 1.49. The second-order valence-corrected chi connectivity index (χ2v) is 8.12. The lowest BCUT2D eigenvalue weighted by atomic mass is 10.2. The van der Waals surface area contributed by atoms with Crippen molar-refractivity contribution in [3.05, 3.63) is 41.2 Å². The zero-order valence-electron chi connectivity index (χ0n) is 11.8. The van der Waals surface area contributed by atoms with Crippen molar-refractivity contribution >= 4 is 21.6 Å². The van der Waals surface area contributed by atoms with Gasteiger partial charge in [-0.3, -0.25) is 0 Å². The molecule has 0 bridgehead atoms. The SMILES string of the molecule is O=S(=O)(c1ccccc1Cl)N1CC(n2cc(C3CC3)nn2)C1. The molecule has 0 unspecified atom stereocenters. The molecule has 0 radical (unpaired) electrons. The van der Waals surface area contributed by atoms with E-state index < -0.39 is 10.0 Å². The highest BCUT2D eigenvalue weighted by Gasteiger charge is 2.39. The minimum Gasteiger partial charge on any atom is -0.247 e. The van der Waals surface area contributed by atoms with Gasteiger partial charge in [-0.1, -0.05) is 28.9 Å². The van der Waals surface area contributed by atoms with Gasteiger partial charge < -0.3 is 0 Å². The zero-order valence-corrected chi connectivity index (χ0v) is 13.3. The molecule has 6 nitrogen and oxygen atoms in total. The molecular weight excluding hydrogens is 324 g/mol. The van der Waals surface area contributed by atoms with E-state index in [1.165, 1.54) is 23.2 Å². The van der Waals surface area contributed by atoms with E-state index in [0.717, 1.165) is 5.69 Å². The third-order valence-corrected chi connectivity index (χ3v) is 6.51. The number of sulfonamides is 1. The first kappa shape index (κ1) is 14.2. The van der Waals surface area contributed by atoms with Crippen LogP contribution in [-0.2, 0) is 10.0 Å². The highest BCUT2D eigenvalue weighted by atomic mass is 35.5. The van der Waals surface area contributed by atoms with Gasteiger partial charge in [0.2, 0.25) is 10.0 Å². The first-order valence-corrected chi connectivity index (χ1v) is 9.04. The van der Waals surface area contributed by atoms with Crippen LogP contribution in [0.1, 0.15) is 30.5 Å². The molecule has 1 aromatic heterocycles. The molecule has 8 heteroatoms. The molecule has 2 fully saturated rings. The van der Waals surface area contributed by atoms with Gasteiger partial charge in [-0.25, -0.2) is 13.1 Å². The van der Waals surface area contributed by atoms with Crippen LogP contribution in [0.5, 0.6) is 0 Å². The van der Waals surface area contributed by atoms with Gasteiger partial charge in [-0.15, -0.1) is 5.10 Å². The molecule has 22 heavy (non-hydrogen) atoms. The summed E-state index contributed by atoms with van der Waals surface area (Å²) >= 11 is 6.00. The Bertz CT molecular complexity index is 810. The molecule has 0 atom stereocenters. The first-order valence-electron chi connectivity index (χ1n) is 7.22. The fourth-order valence-corrected chi connectivity index (χ4v) is 4.62. The number of hydrogen-bond donors (Lipinski definition) is 0. The summed E-state index contributed by atoms with van der Waals surface area (Å²) in [5, 5.41) is 8.54. The molecule has 1 aliphatic heterocycles. The maximum Gasteiger partial charge on any atom is 0.244 e. The number of benzene rings is 1. The van der Waals surface area contributed by atoms with Crippen LogP contribution in [0.3, 0.4) is 0 Å². The van der Waals surface area contributed by atoms with Crippen LogP contribution in [-0.4, -0.2) is 40.8 Å². The first-order chi connectivity index (χ1) is 10.6. The summed E-state index contributed by atoms with van der Waals surface area (Å²) in [5.74, 6) is 0.553. The number of rotatable bonds is 4. The predicted molar refractivity (Wildman–Crippen MR) is 81.2 cm³/mol. The Morgan fingerprint density at radius 2 is 1.91 bits per heavy atom. The molecule has 1 aliphatic carbocycles. The number of nitrogens with zero attached hydrogens (tertiary/aromatic N) is 4. The van der Waals surface area contributed by atoms with Crippen LogP contribution in [0.4, 0.5) is 0 Å². The highest BCUT2D eigenvalue weighted by molar-refractivity contribution is 7.89. The number of halogens is 1. The van der Waals surface area contributed by atoms with E-state index in [1.54, 1.807) is 22.9 Å². The van der Waals surface area contributed by atoms with Crippen LogP contribution in [0, 0.1) is 0 Å². The minimum atomic E-state index is -3.53. The van der Waals surface area contributed by atoms with Crippen molar-refractivity contribution in [3.8, 4) is 0 Å². The summed E-state index contributed by atoms with van der Waals surface area (Å²) in [7, 11) is -3.53. The molecule has 1 aromatic carbocycles. The molecule has 4 rings (SSSR count). The van der Waals surface area contributed by atoms with Crippen molar-refractivity contribution in [1.82, 2.24) is 19.3 Å². The molecule has 2 aliphatic rings. The smallest absolute Gasteiger partial charge is 0.244 e. The topological polar surface area (TPSA) is 68.1 Å². The van der Waals surface area contributed by atoms with Gasteiger partial charge in [-0.2, -0.15) is 4.31 Å². The summed E-state index contributed by atoms with van der Waals surface area (Å²) < 4.78 is 28.3. The molecule has 116 valence electrons. The van der Waals surface area contributed by atoms with Gasteiger partial charge >= 0.3 is 0 Å². The molecule has 0 spiro atoms. The van der Waals surface area contributed by atoms with Crippen molar-refractivity contribution in [2.24, 2.45) is 0 Å². The van der Waals surface area contributed by atoms with Crippen molar-refractivity contribution < 1.29 is 8.42 Å². The van der Waals surface area contributed by atoms with Gasteiger partial charge in [0, 0.05) is 25.2 Å². The van der Waals surface area contributed by atoms with Crippen molar-refractivity contribution in [2.45, 2.75) is 29.7 Å². The standard InChI is InChI=1S/C14H15ClN4O2S/c15-12-3-1-2-4-14(12)22(20,21)18-7-11(8-18)19-9-13(16-17-19)10-5-6-10/h1-4,9-11H,5-8H2. The molecule has 2 heterocycles. The molecule has 1 saturated carbocycles. The van der Waals surface area contributed by atoms with Crippen LogP contribution in [0.2, 0.25) is 5.02 Å². The summed E-state index contributed by atoms with van der Waals surface area (Å²) in [6.45, 7) is 0.808. The Labute approximate surface area is 133 Å². The Morgan fingerprint density at radius 3 is 2.59 bits per heavy atom. The van der Waals surface area contributed by atoms with E-state index in [4.69, 9.17) is 11.6 Å². The maximum atomic E-state index is 12.5. The van der Waals surface area contributed by atoms with E-state index in [-0.39, 0.29) is 16.0 Å². The second-order valence-electron chi connectivity index (χ2n) is 5.80. The third-order valence-electron chi connectivity index (χ3n) is 4.18. The van der Waals surface area contributed by atoms with Crippen LogP contribution < -0.4 is 0 Å². The quantitative estimate of drug-likeness (QED) is 0.855. The van der Waals surface area contributed by atoms with Crippen LogP contribution in [0.15, 0.2) is 35.4 Å². The molecule has 0 amide bonds. The van der Waals surface area contributed by atoms with E-state index in [1.807, 2.05) is 6.20 Å². The summed E-state index contributed by atoms with van der Waals surface area (Å²) in [4.78, 5) is 0.160. The summed E-state index contributed by atoms with van der Waals surface area (Å²) in [5.41, 5.74) is 1.02. The molecule has 0 N–H and O–H groups in total. The maximum absolute atomic E-state index is 12.5. The lowest BCUT2D eigenvalue weighted by Crippen LogP contribution is -2.50. The lowest BCUT2D eigenvalue weighted by molar-refractivity contribution is 0.189. The largest absolute Gasteiger partial charge is 0.247 e. The van der Waals surface area contributed by atoms with Crippen LogP contribution >= 0.6 is 11.6 Å². The van der Waals surface area contributed by atoms with Gasteiger partial charge in [0.1, 0.15) is 4.90 Å². The molecule has 1 saturated heterocycles. The predicted octanol–water partition coefficient (Wildman–Crippen LogP) is 2.05. The Morgan fingerprint density at radius 1 is 1.18 bits per heavy atom. The zero-order chi connectivity index (χ0) is 15.3. The average Bonchev–Trinajstić information content (AvgIpc) is 3.17. The van der Waals surface area contributed by atoms with E-state index in [2.05, 4.69) is 10.3 Å². The summed E-state index contributed by atoms with van der Waals surface area (Å²) in [6.07, 6.45) is 4.30. The van der Waals surface area contributed by atoms with E-state index in [0.29, 0.717) is 19.0 Å². The Kier molecular flexibility index (Phi) is 3.25. The van der Waals surface area contributed by atoms with E-state index in [9.17, 15) is 8.42 Å². The minimum absolute atomic E-state index is 0.0530. The fourth-order valence-electron chi connectivity index (χ4n) is 2.61. The van der Waals surface area contributed by atoms with Crippen molar-refractivity contribution in [3.63, 3.8) is 0 Å². The third kappa shape index (κ3) is 2.33. The monoisotopic (exact) mass is 338 g/mol. The second kappa shape index (κ2) is 5.04. The number of hydrogen-bond acceptors (Lipinski definition) is 4. The highest BCUT2D eigenvalue weighted by Crippen LogP contribution is 2.39. The number of aromatic nitrogens is 3. The van der Waals surface area contributed by atoms with Gasteiger partial charge in [0.05, 0.1) is 16.8 Å². The average molecular weight is 339 g/mol. The van der Waals surface area contributed by atoms with Gasteiger partial charge in [-0.05, 0) is 25.0 Å². The van der Waals surface area contributed by atoms with Gasteiger partial charge in [0.15, 0.2) is 0 Å². The molecular formula is C14H15ClN4O2S. The fraction of sp³-hybridized carbons (Fsp3) is 0.429. The lowest BCUT2D eigenvalue weighted by Gasteiger charge is -2.37. The van der Waals surface area contributed by atoms with Crippen molar-refractivity contribution in [2.75, 3.05) is 13.1 Å². The van der Waals surface area contributed by atoms with Crippen molar-refractivity contribution in [1.29, 1.82) is 0 Å². The summed E-state index contributed by atoms with van der Waals surface area (Å²) in [6, 6.07) is 6.57. The normalized spacial score (nSPS) is 20.0. The van der Waals surface area contributed by atoms with Gasteiger partial charge in [0.25, 0.3) is 0 Å². The Hall–Kier alpha value is -1.44.